The molecule has 4 nitrogen and oxygen atoms in total. The SMILES string of the molecule is CCN(CCO)c1ncnc2cc(Cl)ccc12. The molecular formula is C12H14ClN3O. The zero-order valence-electron chi connectivity index (χ0n) is 9.60. The molecule has 2 aromatic rings. The number of aromatic nitrogens is 2. The number of fused-ring (bicyclic) bond motifs is 1. The third kappa shape index (κ3) is 2.48. The van der Waals surface area contributed by atoms with E-state index in [1.54, 1.807) is 0 Å². The van der Waals surface area contributed by atoms with E-state index < -0.39 is 0 Å². The summed E-state index contributed by atoms with van der Waals surface area (Å²) in [4.78, 5) is 10.5. The van der Waals surface area contributed by atoms with Gasteiger partial charge in [0, 0.05) is 23.5 Å². The molecule has 0 aliphatic heterocycles. The van der Waals surface area contributed by atoms with E-state index in [9.17, 15) is 0 Å². The fraction of sp³-hybridized carbons (Fsp3) is 0.333. The second-order valence-corrected chi connectivity index (χ2v) is 4.10. The summed E-state index contributed by atoms with van der Waals surface area (Å²) in [5, 5.41) is 10.6. The number of benzene rings is 1. The smallest absolute Gasteiger partial charge is 0.139 e. The minimum atomic E-state index is 0.104. The Morgan fingerprint density at radius 1 is 1.35 bits per heavy atom. The highest BCUT2D eigenvalue weighted by atomic mass is 35.5. The molecule has 90 valence electrons. The molecule has 0 radical (unpaired) electrons. The Hall–Kier alpha value is -1.39. The van der Waals surface area contributed by atoms with Crippen molar-refractivity contribution in [1.29, 1.82) is 0 Å². The predicted molar refractivity (Wildman–Crippen MR) is 69.5 cm³/mol. The minimum absolute atomic E-state index is 0.104. The van der Waals surface area contributed by atoms with Crippen LogP contribution >= 0.6 is 11.6 Å². The first kappa shape index (κ1) is 12.1. The number of rotatable bonds is 4. The van der Waals surface area contributed by atoms with E-state index in [4.69, 9.17) is 16.7 Å². The van der Waals surface area contributed by atoms with Gasteiger partial charge in [-0.25, -0.2) is 9.97 Å². The molecule has 0 amide bonds. The van der Waals surface area contributed by atoms with Crippen LogP contribution in [0.5, 0.6) is 0 Å². The lowest BCUT2D eigenvalue weighted by atomic mass is 10.2. The van der Waals surface area contributed by atoms with Gasteiger partial charge in [-0.3, -0.25) is 0 Å². The van der Waals surface area contributed by atoms with Crippen molar-refractivity contribution in [2.45, 2.75) is 6.92 Å². The van der Waals surface area contributed by atoms with Crippen molar-refractivity contribution in [2.24, 2.45) is 0 Å². The van der Waals surface area contributed by atoms with Gasteiger partial charge in [0.05, 0.1) is 12.1 Å². The van der Waals surface area contributed by atoms with Crippen LogP contribution in [0, 0.1) is 0 Å². The molecular weight excluding hydrogens is 238 g/mol. The fourth-order valence-electron chi connectivity index (χ4n) is 1.80. The molecule has 0 atom stereocenters. The number of likely N-dealkylation sites (N-methyl/N-ethyl adjacent to an activating group) is 1. The average molecular weight is 252 g/mol. The van der Waals surface area contributed by atoms with Crippen LogP contribution in [-0.4, -0.2) is 34.8 Å². The normalized spacial score (nSPS) is 10.8. The number of halogens is 1. The zero-order valence-corrected chi connectivity index (χ0v) is 10.4. The van der Waals surface area contributed by atoms with Crippen molar-refractivity contribution < 1.29 is 5.11 Å². The highest BCUT2D eigenvalue weighted by Crippen LogP contribution is 2.24. The van der Waals surface area contributed by atoms with Gasteiger partial charge in [0.2, 0.25) is 0 Å². The summed E-state index contributed by atoms with van der Waals surface area (Å²) < 4.78 is 0. The lowest BCUT2D eigenvalue weighted by Gasteiger charge is -2.21. The number of hydrogen-bond donors (Lipinski definition) is 1. The van der Waals surface area contributed by atoms with E-state index in [-0.39, 0.29) is 6.61 Å². The quantitative estimate of drug-likeness (QED) is 0.904. The minimum Gasteiger partial charge on any atom is -0.395 e. The topological polar surface area (TPSA) is 49.2 Å². The number of aliphatic hydroxyl groups is 1. The van der Waals surface area contributed by atoms with Gasteiger partial charge in [-0.05, 0) is 25.1 Å². The summed E-state index contributed by atoms with van der Waals surface area (Å²) in [7, 11) is 0. The van der Waals surface area contributed by atoms with Gasteiger partial charge in [-0.15, -0.1) is 0 Å². The Kier molecular flexibility index (Phi) is 3.76. The molecule has 0 saturated heterocycles. The van der Waals surface area contributed by atoms with Gasteiger partial charge in [-0.1, -0.05) is 11.6 Å². The van der Waals surface area contributed by atoms with Crippen molar-refractivity contribution in [3.05, 3.63) is 29.5 Å². The van der Waals surface area contributed by atoms with Crippen LogP contribution in [0.2, 0.25) is 5.02 Å². The Balaban J connectivity index is 2.53. The Labute approximate surface area is 105 Å². The molecule has 0 saturated carbocycles. The van der Waals surface area contributed by atoms with Crippen molar-refractivity contribution in [3.8, 4) is 0 Å². The van der Waals surface area contributed by atoms with Gasteiger partial charge < -0.3 is 10.0 Å². The van der Waals surface area contributed by atoms with Crippen molar-refractivity contribution in [1.82, 2.24) is 9.97 Å². The highest BCUT2D eigenvalue weighted by molar-refractivity contribution is 6.31. The van der Waals surface area contributed by atoms with E-state index in [1.807, 2.05) is 30.0 Å². The number of hydrogen-bond acceptors (Lipinski definition) is 4. The van der Waals surface area contributed by atoms with E-state index in [1.165, 1.54) is 6.33 Å². The number of nitrogens with zero attached hydrogens (tertiary/aromatic N) is 3. The molecule has 0 fully saturated rings. The molecule has 1 N–H and O–H groups in total. The Morgan fingerprint density at radius 3 is 2.88 bits per heavy atom. The van der Waals surface area contributed by atoms with Crippen molar-refractivity contribution in [2.75, 3.05) is 24.6 Å². The molecule has 2 rings (SSSR count). The Bertz CT molecular complexity index is 518. The largest absolute Gasteiger partial charge is 0.395 e. The van der Waals surface area contributed by atoms with Gasteiger partial charge in [0.1, 0.15) is 12.1 Å². The molecule has 17 heavy (non-hydrogen) atoms. The molecule has 0 aliphatic rings. The molecule has 1 aromatic carbocycles. The first-order chi connectivity index (χ1) is 8.26. The molecule has 0 unspecified atom stereocenters. The van der Waals surface area contributed by atoms with Crippen molar-refractivity contribution >= 4 is 28.3 Å². The number of anilines is 1. The van der Waals surface area contributed by atoms with Crippen LogP contribution in [0.4, 0.5) is 5.82 Å². The van der Waals surface area contributed by atoms with Gasteiger partial charge >= 0.3 is 0 Å². The van der Waals surface area contributed by atoms with Gasteiger partial charge in [0.25, 0.3) is 0 Å². The maximum Gasteiger partial charge on any atom is 0.139 e. The molecule has 5 heteroatoms. The van der Waals surface area contributed by atoms with Crippen LogP contribution in [0.15, 0.2) is 24.5 Å². The van der Waals surface area contributed by atoms with Crippen LogP contribution in [0.3, 0.4) is 0 Å². The van der Waals surface area contributed by atoms with Crippen LogP contribution in [0.25, 0.3) is 10.9 Å². The van der Waals surface area contributed by atoms with Gasteiger partial charge in [0.15, 0.2) is 0 Å². The first-order valence-corrected chi connectivity index (χ1v) is 5.90. The summed E-state index contributed by atoms with van der Waals surface area (Å²) in [6, 6.07) is 5.55. The number of aliphatic hydroxyl groups excluding tert-OH is 1. The maximum atomic E-state index is 9.04. The standard InChI is InChI=1S/C12H14ClN3O/c1-2-16(5-6-17)12-10-4-3-9(13)7-11(10)14-8-15-12/h3-4,7-8,17H,2,5-6H2,1H3. The summed E-state index contributed by atoms with van der Waals surface area (Å²) in [6.07, 6.45) is 1.52. The summed E-state index contributed by atoms with van der Waals surface area (Å²) >= 11 is 5.93. The first-order valence-electron chi connectivity index (χ1n) is 5.52. The monoisotopic (exact) mass is 251 g/mol. The van der Waals surface area contributed by atoms with E-state index in [0.717, 1.165) is 23.3 Å². The second kappa shape index (κ2) is 5.29. The summed E-state index contributed by atoms with van der Waals surface area (Å²) in [5.41, 5.74) is 0.818. The molecule has 1 aromatic heterocycles. The molecule has 1 heterocycles. The maximum absolute atomic E-state index is 9.04. The predicted octanol–water partition coefficient (Wildman–Crippen LogP) is 2.10. The van der Waals surface area contributed by atoms with E-state index >= 15 is 0 Å². The van der Waals surface area contributed by atoms with E-state index in [0.29, 0.717) is 11.6 Å². The lowest BCUT2D eigenvalue weighted by Crippen LogP contribution is -2.27. The summed E-state index contributed by atoms with van der Waals surface area (Å²) in [5.74, 6) is 0.836. The zero-order chi connectivity index (χ0) is 12.3. The van der Waals surface area contributed by atoms with Gasteiger partial charge in [-0.2, -0.15) is 0 Å². The third-order valence-corrected chi connectivity index (χ3v) is 2.86. The molecule has 0 aliphatic carbocycles. The van der Waals surface area contributed by atoms with Crippen LogP contribution in [-0.2, 0) is 0 Å². The fourth-order valence-corrected chi connectivity index (χ4v) is 1.97. The Morgan fingerprint density at radius 2 is 2.18 bits per heavy atom. The molecule has 0 bridgehead atoms. The third-order valence-electron chi connectivity index (χ3n) is 2.63. The van der Waals surface area contributed by atoms with Crippen LogP contribution < -0.4 is 4.90 Å². The average Bonchev–Trinajstić information content (AvgIpc) is 2.35. The van der Waals surface area contributed by atoms with Crippen LogP contribution in [0.1, 0.15) is 6.92 Å². The molecule has 0 spiro atoms. The van der Waals surface area contributed by atoms with E-state index in [2.05, 4.69) is 9.97 Å². The van der Waals surface area contributed by atoms with Crippen molar-refractivity contribution in [3.63, 3.8) is 0 Å². The summed E-state index contributed by atoms with van der Waals surface area (Å²) in [6.45, 7) is 3.48. The highest BCUT2D eigenvalue weighted by Gasteiger charge is 2.10. The lowest BCUT2D eigenvalue weighted by molar-refractivity contribution is 0.302. The second-order valence-electron chi connectivity index (χ2n) is 3.66.